The number of rotatable bonds is 6. The van der Waals surface area contributed by atoms with Crippen molar-refractivity contribution in [3.63, 3.8) is 0 Å². The van der Waals surface area contributed by atoms with Crippen molar-refractivity contribution in [2.24, 2.45) is 0 Å². The van der Waals surface area contributed by atoms with Crippen LogP contribution in [0.2, 0.25) is 0 Å². The van der Waals surface area contributed by atoms with E-state index in [1.54, 1.807) is 11.3 Å². The molecular formula is C13H17N3OS. The highest BCUT2D eigenvalue weighted by molar-refractivity contribution is 7.13. The highest BCUT2D eigenvalue weighted by atomic mass is 32.1. The molecule has 0 aliphatic heterocycles. The van der Waals surface area contributed by atoms with Gasteiger partial charge in [0, 0.05) is 6.54 Å². The first-order valence-electron chi connectivity index (χ1n) is 5.92. The Kier molecular flexibility index (Phi) is 4.28. The first-order valence-corrected chi connectivity index (χ1v) is 6.80. The molecule has 0 radical (unpaired) electrons. The number of likely N-dealkylation sites (N-methyl/N-ethyl adjacent to an activating group) is 1. The molecule has 18 heavy (non-hydrogen) atoms. The first kappa shape index (κ1) is 13.0. The summed E-state index contributed by atoms with van der Waals surface area (Å²) in [5.74, 6) is 1.33. The molecule has 5 heteroatoms. The fourth-order valence-corrected chi connectivity index (χ4v) is 2.33. The molecule has 0 atom stereocenters. The van der Waals surface area contributed by atoms with Crippen LogP contribution in [0.4, 0.5) is 0 Å². The summed E-state index contributed by atoms with van der Waals surface area (Å²) in [5, 5.41) is 6.01. The Balaban J connectivity index is 2.04. The third kappa shape index (κ3) is 3.27. The predicted octanol–water partition coefficient (Wildman–Crippen LogP) is 3.20. The molecule has 2 heterocycles. The third-order valence-corrected chi connectivity index (χ3v) is 3.38. The second-order valence-electron chi connectivity index (χ2n) is 4.25. The van der Waals surface area contributed by atoms with Crippen molar-refractivity contribution in [1.82, 2.24) is 15.0 Å². The van der Waals surface area contributed by atoms with Gasteiger partial charge < -0.3 is 4.52 Å². The fraction of sp³-hybridized carbons (Fsp3) is 0.385. The highest BCUT2D eigenvalue weighted by Crippen LogP contribution is 2.21. The molecule has 0 unspecified atom stereocenters. The Morgan fingerprint density at radius 2 is 2.39 bits per heavy atom. The summed E-state index contributed by atoms with van der Waals surface area (Å²) in [6, 6.07) is 3.97. The molecule has 0 fully saturated rings. The Bertz CT molecular complexity index is 504. The van der Waals surface area contributed by atoms with Crippen LogP contribution in [-0.4, -0.2) is 28.1 Å². The molecule has 2 aromatic heterocycles. The van der Waals surface area contributed by atoms with Crippen molar-refractivity contribution in [1.29, 1.82) is 0 Å². The topological polar surface area (TPSA) is 42.2 Å². The molecule has 2 aromatic rings. The lowest BCUT2D eigenvalue weighted by Gasteiger charge is -2.17. The van der Waals surface area contributed by atoms with E-state index in [4.69, 9.17) is 4.52 Å². The lowest BCUT2D eigenvalue weighted by molar-refractivity contribution is 0.252. The molecule has 0 amide bonds. The summed E-state index contributed by atoms with van der Waals surface area (Å²) in [6.45, 7) is 10.5. The largest absolute Gasteiger partial charge is 0.338 e. The zero-order valence-corrected chi connectivity index (χ0v) is 11.5. The molecule has 0 bridgehead atoms. The Hall–Kier alpha value is -1.46. The maximum Gasteiger partial charge on any atom is 0.241 e. The van der Waals surface area contributed by atoms with E-state index in [0.29, 0.717) is 18.3 Å². The van der Waals surface area contributed by atoms with Crippen LogP contribution in [-0.2, 0) is 6.54 Å². The summed E-state index contributed by atoms with van der Waals surface area (Å²) in [5.41, 5.74) is 1.13. The van der Waals surface area contributed by atoms with Gasteiger partial charge in [-0.05, 0) is 24.9 Å². The van der Waals surface area contributed by atoms with E-state index in [-0.39, 0.29) is 0 Å². The molecule has 0 aromatic carbocycles. The smallest absolute Gasteiger partial charge is 0.241 e. The van der Waals surface area contributed by atoms with E-state index < -0.39 is 0 Å². The van der Waals surface area contributed by atoms with Crippen molar-refractivity contribution in [2.75, 3.05) is 13.1 Å². The van der Waals surface area contributed by atoms with Crippen molar-refractivity contribution in [3.05, 3.63) is 35.6 Å². The van der Waals surface area contributed by atoms with Gasteiger partial charge in [-0.25, -0.2) is 0 Å². The van der Waals surface area contributed by atoms with Crippen LogP contribution in [0, 0.1) is 0 Å². The van der Waals surface area contributed by atoms with Gasteiger partial charge in [0.2, 0.25) is 11.7 Å². The van der Waals surface area contributed by atoms with Gasteiger partial charge in [-0.15, -0.1) is 11.3 Å². The molecule has 0 N–H and O–H groups in total. The van der Waals surface area contributed by atoms with E-state index in [1.807, 2.05) is 24.4 Å². The Morgan fingerprint density at radius 1 is 1.56 bits per heavy atom. The number of hydrogen-bond donors (Lipinski definition) is 0. The average molecular weight is 263 g/mol. The van der Waals surface area contributed by atoms with Gasteiger partial charge in [0.1, 0.15) is 0 Å². The first-order chi connectivity index (χ1) is 8.69. The number of aromatic nitrogens is 2. The van der Waals surface area contributed by atoms with E-state index in [2.05, 4.69) is 28.5 Å². The summed E-state index contributed by atoms with van der Waals surface area (Å²) < 4.78 is 5.28. The number of thiophene rings is 1. The second kappa shape index (κ2) is 5.93. The molecule has 0 aliphatic rings. The molecule has 0 aliphatic carbocycles. The number of nitrogens with zero attached hydrogens (tertiary/aromatic N) is 3. The molecule has 2 rings (SSSR count). The van der Waals surface area contributed by atoms with E-state index >= 15 is 0 Å². The second-order valence-corrected chi connectivity index (χ2v) is 5.20. The zero-order valence-electron chi connectivity index (χ0n) is 10.7. The molecule has 0 saturated carbocycles. The summed E-state index contributed by atoms with van der Waals surface area (Å²) in [6.07, 6.45) is 0. The zero-order chi connectivity index (χ0) is 13.0. The van der Waals surface area contributed by atoms with E-state index in [1.165, 1.54) is 0 Å². The molecule has 0 spiro atoms. The van der Waals surface area contributed by atoms with Crippen LogP contribution in [0.15, 0.2) is 34.2 Å². The predicted molar refractivity (Wildman–Crippen MR) is 73.4 cm³/mol. The standard InChI is InChI=1S/C13H17N3OS/c1-4-16(8-10(2)3)9-12-14-13(15-17-12)11-6-5-7-18-11/h5-7H,2,4,8-9H2,1,3H3. The monoisotopic (exact) mass is 263 g/mol. The van der Waals surface area contributed by atoms with Crippen LogP contribution in [0.1, 0.15) is 19.7 Å². The van der Waals surface area contributed by atoms with Gasteiger partial charge in [-0.3, -0.25) is 4.90 Å². The average Bonchev–Trinajstić information content (AvgIpc) is 2.97. The van der Waals surface area contributed by atoms with Crippen LogP contribution in [0.3, 0.4) is 0 Å². The molecule has 96 valence electrons. The quantitative estimate of drug-likeness (QED) is 0.751. The SMILES string of the molecule is C=C(C)CN(CC)Cc1nc(-c2cccs2)no1. The third-order valence-electron chi connectivity index (χ3n) is 2.51. The van der Waals surface area contributed by atoms with Gasteiger partial charge in [0.05, 0.1) is 11.4 Å². The fourth-order valence-electron chi connectivity index (χ4n) is 1.68. The van der Waals surface area contributed by atoms with Crippen LogP contribution in [0.5, 0.6) is 0 Å². The van der Waals surface area contributed by atoms with Gasteiger partial charge in [0.15, 0.2) is 0 Å². The van der Waals surface area contributed by atoms with Gasteiger partial charge in [0.25, 0.3) is 0 Å². The summed E-state index contributed by atoms with van der Waals surface area (Å²) in [7, 11) is 0. The van der Waals surface area contributed by atoms with Crippen molar-refractivity contribution < 1.29 is 4.52 Å². The highest BCUT2D eigenvalue weighted by Gasteiger charge is 2.12. The lowest BCUT2D eigenvalue weighted by atomic mass is 10.3. The van der Waals surface area contributed by atoms with Crippen LogP contribution < -0.4 is 0 Å². The minimum atomic E-state index is 0.654. The maximum absolute atomic E-state index is 5.28. The molecule has 4 nitrogen and oxygen atoms in total. The van der Waals surface area contributed by atoms with Crippen molar-refractivity contribution in [3.8, 4) is 10.7 Å². The minimum absolute atomic E-state index is 0.654. The van der Waals surface area contributed by atoms with Crippen molar-refractivity contribution >= 4 is 11.3 Å². The van der Waals surface area contributed by atoms with E-state index in [0.717, 1.165) is 23.5 Å². The minimum Gasteiger partial charge on any atom is -0.338 e. The Labute approximate surface area is 111 Å². The van der Waals surface area contributed by atoms with Crippen LogP contribution >= 0.6 is 11.3 Å². The van der Waals surface area contributed by atoms with E-state index in [9.17, 15) is 0 Å². The van der Waals surface area contributed by atoms with Gasteiger partial charge >= 0.3 is 0 Å². The molecular weight excluding hydrogens is 246 g/mol. The summed E-state index contributed by atoms with van der Waals surface area (Å²) in [4.78, 5) is 7.66. The van der Waals surface area contributed by atoms with Crippen molar-refractivity contribution in [2.45, 2.75) is 20.4 Å². The van der Waals surface area contributed by atoms with Gasteiger partial charge in [-0.1, -0.05) is 30.3 Å². The summed E-state index contributed by atoms with van der Waals surface area (Å²) >= 11 is 1.61. The maximum atomic E-state index is 5.28. The molecule has 0 saturated heterocycles. The lowest BCUT2D eigenvalue weighted by Crippen LogP contribution is -2.24. The number of hydrogen-bond acceptors (Lipinski definition) is 5. The normalized spacial score (nSPS) is 11.1. The van der Waals surface area contributed by atoms with Gasteiger partial charge in [-0.2, -0.15) is 4.98 Å². The van der Waals surface area contributed by atoms with Crippen LogP contribution in [0.25, 0.3) is 10.7 Å². The Morgan fingerprint density at radius 3 is 3.00 bits per heavy atom.